The average Bonchev–Trinajstić information content (AvgIpc) is 2.46. The molecule has 0 bridgehead atoms. The fourth-order valence-electron chi connectivity index (χ4n) is 3.16. The van der Waals surface area contributed by atoms with Crippen molar-refractivity contribution < 1.29 is 0 Å². The van der Waals surface area contributed by atoms with Gasteiger partial charge in [0.05, 0.1) is 0 Å². The molecule has 0 amide bonds. The molecule has 106 valence electrons. The monoisotopic (exact) mass is 274 g/mol. The first-order chi connectivity index (χ1) is 10.2. The first kappa shape index (κ1) is 13.9. The van der Waals surface area contributed by atoms with Crippen LogP contribution in [0.15, 0.2) is 54.6 Å². The topological polar surface area (TPSA) is 0 Å². The molecule has 0 nitrogen and oxygen atoms in total. The van der Waals surface area contributed by atoms with E-state index in [-0.39, 0.29) is 0 Å². The molecule has 0 fully saturated rings. The average molecular weight is 274 g/mol. The van der Waals surface area contributed by atoms with Crippen LogP contribution in [0.4, 0.5) is 0 Å². The Morgan fingerprint density at radius 1 is 0.762 bits per heavy atom. The van der Waals surface area contributed by atoms with Crippen molar-refractivity contribution in [1.82, 2.24) is 0 Å². The maximum Gasteiger partial charge on any atom is -0.0151 e. The molecule has 0 N–H and O–H groups in total. The van der Waals surface area contributed by atoms with Crippen molar-refractivity contribution in [2.24, 2.45) is 0 Å². The van der Waals surface area contributed by atoms with Gasteiger partial charge in [-0.05, 0) is 53.8 Å². The van der Waals surface area contributed by atoms with Crippen LogP contribution in [-0.4, -0.2) is 0 Å². The van der Waals surface area contributed by atoms with E-state index in [1.807, 2.05) is 0 Å². The largest absolute Gasteiger partial charge is 0.0651 e. The molecular formula is C21H22. The highest BCUT2D eigenvalue weighted by atomic mass is 14.1. The lowest BCUT2D eigenvalue weighted by molar-refractivity contribution is 0.930. The van der Waals surface area contributed by atoms with Crippen molar-refractivity contribution in [3.05, 3.63) is 71.3 Å². The van der Waals surface area contributed by atoms with Crippen LogP contribution < -0.4 is 0 Å². The number of fused-ring (bicyclic) bond motifs is 1. The summed E-state index contributed by atoms with van der Waals surface area (Å²) in [7, 11) is 0. The predicted octanol–water partition coefficient (Wildman–Crippen LogP) is 6.08. The zero-order chi connectivity index (χ0) is 14.8. The molecule has 21 heavy (non-hydrogen) atoms. The molecule has 0 spiro atoms. The molecule has 0 radical (unpaired) electrons. The number of hydrogen-bond acceptors (Lipinski definition) is 0. The number of hydrogen-bond donors (Lipinski definition) is 0. The Morgan fingerprint density at radius 2 is 1.52 bits per heavy atom. The molecule has 0 unspecified atom stereocenters. The van der Waals surface area contributed by atoms with E-state index in [9.17, 15) is 0 Å². The van der Waals surface area contributed by atoms with E-state index in [1.165, 1.54) is 45.0 Å². The van der Waals surface area contributed by atoms with Gasteiger partial charge in [0.15, 0.2) is 0 Å². The smallest absolute Gasteiger partial charge is 0.0151 e. The molecule has 3 rings (SSSR count). The third-order valence-electron chi connectivity index (χ3n) is 4.05. The van der Waals surface area contributed by atoms with Gasteiger partial charge < -0.3 is 0 Å². The summed E-state index contributed by atoms with van der Waals surface area (Å²) in [5.41, 5.74) is 6.73. The maximum atomic E-state index is 2.32. The van der Waals surface area contributed by atoms with Crippen molar-refractivity contribution >= 4 is 10.8 Å². The van der Waals surface area contributed by atoms with E-state index >= 15 is 0 Å². The maximum absolute atomic E-state index is 2.32. The molecule has 0 aliphatic heterocycles. The highest BCUT2D eigenvalue weighted by Gasteiger charge is 2.04. The van der Waals surface area contributed by atoms with Gasteiger partial charge in [-0.3, -0.25) is 0 Å². The molecule has 0 saturated carbocycles. The van der Waals surface area contributed by atoms with Gasteiger partial charge in [-0.2, -0.15) is 0 Å². The molecule has 0 heterocycles. The Morgan fingerprint density at radius 3 is 2.24 bits per heavy atom. The van der Waals surface area contributed by atoms with Gasteiger partial charge in [-0.25, -0.2) is 0 Å². The van der Waals surface area contributed by atoms with Crippen molar-refractivity contribution in [2.75, 3.05) is 0 Å². The molecule has 0 heteroatoms. The second-order valence-electron chi connectivity index (χ2n) is 5.98. The summed E-state index contributed by atoms with van der Waals surface area (Å²) in [5.74, 6) is 0. The van der Waals surface area contributed by atoms with Crippen LogP contribution in [0.5, 0.6) is 0 Å². The van der Waals surface area contributed by atoms with Crippen LogP contribution in [0.25, 0.3) is 21.9 Å². The van der Waals surface area contributed by atoms with Crippen molar-refractivity contribution in [3.63, 3.8) is 0 Å². The fraction of sp³-hybridized carbons (Fsp3) is 0.238. The molecule has 0 aromatic heterocycles. The van der Waals surface area contributed by atoms with E-state index in [0.29, 0.717) is 0 Å². The predicted molar refractivity (Wildman–Crippen MR) is 92.9 cm³/mol. The van der Waals surface area contributed by atoms with Crippen molar-refractivity contribution in [2.45, 2.75) is 33.6 Å². The second kappa shape index (κ2) is 5.73. The van der Waals surface area contributed by atoms with Crippen LogP contribution in [0.3, 0.4) is 0 Å². The lowest BCUT2D eigenvalue weighted by atomic mass is 9.95. The SMILES string of the molecule is CCCc1cccc2cc(-c3cc(C)cc(C)c3)ccc12. The van der Waals surface area contributed by atoms with E-state index in [2.05, 4.69) is 75.4 Å². The van der Waals surface area contributed by atoms with Gasteiger partial charge in [-0.15, -0.1) is 0 Å². The molecule has 0 aliphatic carbocycles. The van der Waals surface area contributed by atoms with Crippen LogP contribution >= 0.6 is 0 Å². The minimum Gasteiger partial charge on any atom is -0.0651 e. The van der Waals surface area contributed by atoms with Gasteiger partial charge in [-0.1, -0.05) is 73.0 Å². The van der Waals surface area contributed by atoms with E-state index < -0.39 is 0 Å². The third-order valence-corrected chi connectivity index (χ3v) is 4.05. The minimum atomic E-state index is 1.15. The van der Waals surface area contributed by atoms with Gasteiger partial charge in [0, 0.05) is 0 Å². The second-order valence-corrected chi connectivity index (χ2v) is 5.98. The van der Waals surface area contributed by atoms with E-state index in [0.717, 1.165) is 6.42 Å². The molecule has 0 atom stereocenters. The zero-order valence-corrected chi connectivity index (χ0v) is 13.1. The normalized spacial score (nSPS) is 11.0. The summed E-state index contributed by atoms with van der Waals surface area (Å²) < 4.78 is 0. The standard InChI is InChI=1S/C21H22/c1-4-6-17-7-5-8-19-14-18(9-10-21(17)19)20-12-15(2)11-16(3)13-20/h5,7-14H,4,6H2,1-3H3. The van der Waals surface area contributed by atoms with Gasteiger partial charge >= 0.3 is 0 Å². The summed E-state index contributed by atoms with van der Waals surface area (Å²) in [6.45, 7) is 6.57. The highest BCUT2D eigenvalue weighted by Crippen LogP contribution is 2.28. The highest BCUT2D eigenvalue weighted by molar-refractivity contribution is 5.90. The Labute approximate surface area is 127 Å². The Kier molecular flexibility index (Phi) is 3.79. The summed E-state index contributed by atoms with van der Waals surface area (Å²) in [6, 6.07) is 20.3. The Bertz CT molecular complexity index is 761. The van der Waals surface area contributed by atoms with Crippen LogP contribution in [-0.2, 0) is 6.42 Å². The van der Waals surface area contributed by atoms with E-state index in [4.69, 9.17) is 0 Å². The van der Waals surface area contributed by atoms with Gasteiger partial charge in [0.2, 0.25) is 0 Å². The number of benzene rings is 3. The van der Waals surface area contributed by atoms with E-state index in [1.54, 1.807) is 0 Å². The molecule has 0 aliphatic rings. The number of rotatable bonds is 3. The fourth-order valence-corrected chi connectivity index (χ4v) is 3.16. The third kappa shape index (κ3) is 2.85. The Balaban J connectivity index is 2.13. The number of aryl methyl sites for hydroxylation is 3. The summed E-state index contributed by atoms with van der Waals surface area (Å²) in [4.78, 5) is 0. The summed E-state index contributed by atoms with van der Waals surface area (Å²) in [5, 5.41) is 2.74. The van der Waals surface area contributed by atoms with Crippen LogP contribution in [0.2, 0.25) is 0 Å². The first-order valence-corrected chi connectivity index (χ1v) is 7.77. The first-order valence-electron chi connectivity index (χ1n) is 7.77. The minimum absolute atomic E-state index is 1.15. The molecule has 0 saturated heterocycles. The molecule has 3 aromatic rings. The van der Waals surface area contributed by atoms with Crippen LogP contribution in [0.1, 0.15) is 30.0 Å². The lowest BCUT2D eigenvalue weighted by Gasteiger charge is -2.09. The molecular weight excluding hydrogens is 252 g/mol. The van der Waals surface area contributed by atoms with Crippen LogP contribution in [0, 0.1) is 13.8 Å². The quantitative estimate of drug-likeness (QED) is 0.543. The Hall–Kier alpha value is -2.08. The summed E-state index contributed by atoms with van der Waals surface area (Å²) >= 11 is 0. The van der Waals surface area contributed by atoms with Crippen molar-refractivity contribution in [3.8, 4) is 11.1 Å². The zero-order valence-electron chi connectivity index (χ0n) is 13.1. The van der Waals surface area contributed by atoms with Gasteiger partial charge in [0.25, 0.3) is 0 Å². The lowest BCUT2D eigenvalue weighted by Crippen LogP contribution is -1.87. The molecule has 3 aromatic carbocycles. The van der Waals surface area contributed by atoms with Gasteiger partial charge in [0.1, 0.15) is 0 Å². The summed E-state index contributed by atoms with van der Waals surface area (Å²) in [6.07, 6.45) is 2.35. The van der Waals surface area contributed by atoms with Crippen molar-refractivity contribution in [1.29, 1.82) is 0 Å².